The van der Waals surface area contributed by atoms with E-state index in [1.54, 1.807) is 17.8 Å². The second kappa shape index (κ2) is 6.35. The smallest absolute Gasteiger partial charge is 0.166 e. The van der Waals surface area contributed by atoms with Crippen molar-refractivity contribution in [3.63, 3.8) is 0 Å². The molecule has 0 heterocycles. The van der Waals surface area contributed by atoms with E-state index in [9.17, 15) is 13.2 Å². The van der Waals surface area contributed by atoms with E-state index >= 15 is 0 Å². The zero-order valence-electron chi connectivity index (χ0n) is 11.1. The van der Waals surface area contributed by atoms with Gasteiger partial charge in [-0.25, -0.2) is 0 Å². The molecular weight excluding hydrogens is 281 g/mol. The molecule has 0 N–H and O–H groups in total. The standard InChI is InChI=1S/C16H15F3S/c1-12-4-2-5-13(8-12)10-20-11-14-6-3-7-15(9-14)16(17,18)19/h2-9H,10-11H2,1H3. The van der Waals surface area contributed by atoms with Crippen LogP contribution in [0, 0.1) is 6.92 Å². The molecule has 0 aliphatic heterocycles. The van der Waals surface area contributed by atoms with E-state index in [-0.39, 0.29) is 0 Å². The quantitative estimate of drug-likeness (QED) is 0.723. The minimum atomic E-state index is -4.27. The molecule has 0 atom stereocenters. The van der Waals surface area contributed by atoms with Gasteiger partial charge in [-0.2, -0.15) is 24.9 Å². The Morgan fingerprint density at radius 2 is 1.50 bits per heavy atom. The summed E-state index contributed by atoms with van der Waals surface area (Å²) in [5.74, 6) is 1.38. The highest BCUT2D eigenvalue weighted by molar-refractivity contribution is 7.97. The van der Waals surface area contributed by atoms with Crippen LogP contribution in [0.4, 0.5) is 13.2 Å². The van der Waals surface area contributed by atoms with Crippen LogP contribution >= 0.6 is 11.8 Å². The van der Waals surface area contributed by atoms with Crippen LogP contribution in [0.25, 0.3) is 0 Å². The fourth-order valence-electron chi connectivity index (χ4n) is 1.93. The Labute approximate surface area is 121 Å². The van der Waals surface area contributed by atoms with Crippen LogP contribution in [0.15, 0.2) is 48.5 Å². The first-order chi connectivity index (χ1) is 9.45. The molecule has 2 aromatic rings. The summed E-state index contributed by atoms with van der Waals surface area (Å²) >= 11 is 1.62. The Morgan fingerprint density at radius 3 is 2.10 bits per heavy atom. The number of hydrogen-bond acceptors (Lipinski definition) is 1. The van der Waals surface area contributed by atoms with Gasteiger partial charge in [0.05, 0.1) is 5.56 Å². The molecule has 0 aromatic heterocycles. The van der Waals surface area contributed by atoms with Gasteiger partial charge in [-0.05, 0) is 24.1 Å². The number of alkyl halides is 3. The Kier molecular flexibility index (Phi) is 4.76. The SMILES string of the molecule is Cc1cccc(CSCc2cccc(C(F)(F)F)c2)c1. The van der Waals surface area contributed by atoms with Gasteiger partial charge in [0, 0.05) is 11.5 Å². The van der Waals surface area contributed by atoms with Crippen LogP contribution < -0.4 is 0 Å². The number of aryl methyl sites for hydroxylation is 1. The summed E-state index contributed by atoms with van der Waals surface area (Å²) in [7, 11) is 0. The third-order valence-electron chi connectivity index (χ3n) is 2.87. The van der Waals surface area contributed by atoms with Crippen molar-refractivity contribution in [2.45, 2.75) is 24.6 Å². The van der Waals surface area contributed by atoms with Crippen molar-refractivity contribution in [3.8, 4) is 0 Å². The molecule has 0 fully saturated rings. The van der Waals surface area contributed by atoms with Crippen LogP contribution in [0.2, 0.25) is 0 Å². The van der Waals surface area contributed by atoms with E-state index in [1.165, 1.54) is 23.3 Å². The fourth-order valence-corrected chi connectivity index (χ4v) is 2.86. The lowest BCUT2D eigenvalue weighted by Crippen LogP contribution is -2.04. The Morgan fingerprint density at radius 1 is 0.900 bits per heavy atom. The van der Waals surface area contributed by atoms with E-state index in [0.717, 1.165) is 11.8 Å². The molecule has 0 unspecified atom stereocenters. The normalized spacial score (nSPS) is 11.6. The maximum atomic E-state index is 12.6. The molecule has 0 bridgehead atoms. The molecule has 0 amide bonds. The highest BCUT2D eigenvalue weighted by Crippen LogP contribution is 2.30. The summed E-state index contributed by atoms with van der Waals surface area (Å²) in [6.45, 7) is 2.03. The predicted molar refractivity (Wildman–Crippen MR) is 77.6 cm³/mol. The number of rotatable bonds is 4. The van der Waals surface area contributed by atoms with E-state index in [0.29, 0.717) is 11.3 Å². The van der Waals surface area contributed by atoms with Gasteiger partial charge < -0.3 is 0 Å². The van der Waals surface area contributed by atoms with Crippen molar-refractivity contribution in [1.29, 1.82) is 0 Å². The fraction of sp³-hybridized carbons (Fsp3) is 0.250. The highest BCUT2D eigenvalue weighted by atomic mass is 32.2. The van der Waals surface area contributed by atoms with Gasteiger partial charge in [-0.3, -0.25) is 0 Å². The van der Waals surface area contributed by atoms with Crippen molar-refractivity contribution in [1.82, 2.24) is 0 Å². The van der Waals surface area contributed by atoms with E-state index in [2.05, 4.69) is 6.07 Å². The van der Waals surface area contributed by atoms with Crippen LogP contribution in [-0.4, -0.2) is 0 Å². The van der Waals surface area contributed by atoms with Crippen molar-refractivity contribution in [2.24, 2.45) is 0 Å². The zero-order valence-corrected chi connectivity index (χ0v) is 11.9. The monoisotopic (exact) mass is 296 g/mol. The molecule has 0 aliphatic carbocycles. The van der Waals surface area contributed by atoms with Gasteiger partial charge in [-0.15, -0.1) is 0 Å². The van der Waals surface area contributed by atoms with Gasteiger partial charge in [0.25, 0.3) is 0 Å². The molecule has 0 nitrogen and oxygen atoms in total. The summed E-state index contributed by atoms with van der Waals surface area (Å²) in [6.07, 6.45) is -4.27. The third kappa shape index (κ3) is 4.30. The summed E-state index contributed by atoms with van der Waals surface area (Å²) in [5.41, 5.74) is 2.52. The van der Waals surface area contributed by atoms with Crippen molar-refractivity contribution in [3.05, 3.63) is 70.8 Å². The maximum Gasteiger partial charge on any atom is 0.416 e. The largest absolute Gasteiger partial charge is 0.416 e. The lowest BCUT2D eigenvalue weighted by atomic mass is 10.1. The van der Waals surface area contributed by atoms with Gasteiger partial charge in [-0.1, -0.05) is 48.0 Å². The molecule has 20 heavy (non-hydrogen) atoms. The predicted octanol–water partition coefficient (Wildman–Crippen LogP) is 5.45. The molecule has 0 saturated heterocycles. The lowest BCUT2D eigenvalue weighted by Gasteiger charge is -2.08. The first kappa shape index (κ1) is 15.0. The average Bonchev–Trinajstić information content (AvgIpc) is 2.38. The summed E-state index contributed by atoms with van der Waals surface area (Å²) in [4.78, 5) is 0. The number of thioether (sulfide) groups is 1. The Balaban J connectivity index is 1.94. The van der Waals surface area contributed by atoms with E-state index < -0.39 is 11.7 Å². The average molecular weight is 296 g/mol. The third-order valence-corrected chi connectivity index (χ3v) is 3.95. The van der Waals surface area contributed by atoms with Gasteiger partial charge in [0.15, 0.2) is 0 Å². The van der Waals surface area contributed by atoms with Crippen LogP contribution in [0.1, 0.15) is 22.3 Å². The van der Waals surface area contributed by atoms with Crippen molar-refractivity contribution < 1.29 is 13.2 Å². The topological polar surface area (TPSA) is 0 Å². The summed E-state index contributed by atoms with van der Waals surface area (Å²) < 4.78 is 37.8. The molecule has 0 spiro atoms. The second-order valence-corrected chi connectivity index (χ2v) is 5.67. The minimum absolute atomic E-state index is 0.578. The molecular formula is C16H15F3S. The first-order valence-corrected chi connectivity index (χ1v) is 7.40. The van der Waals surface area contributed by atoms with E-state index in [4.69, 9.17) is 0 Å². The summed E-state index contributed by atoms with van der Waals surface area (Å²) in [5, 5.41) is 0. The molecule has 0 radical (unpaired) electrons. The van der Waals surface area contributed by atoms with Gasteiger partial charge in [0.1, 0.15) is 0 Å². The van der Waals surface area contributed by atoms with Crippen LogP contribution in [0.5, 0.6) is 0 Å². The molecule has 0 saturated carbocycles. The molecule has 4 heteroatoms. The van der Waals surface area contributed by atoms with Gasteiger partial charge >= 0.3 is 6.18 Å². The molecule has 0 aliphatic rings. The number of benzene rings is 2. The van der Waals surface area contributed by atoms with Crippen LogP contribution in [-0.2, 0) is 17.7 Å². The highest BCUT2D eigenvalue weighted by Gasteiger charge is 2.30. The molecule has 2 rings (SSSR count). The van der Waals surface area contributed by atoms with E-state index in [1.807, 2.05) is 25.1 Å². The molecule has 106 valence electrons. The Bertz CT molecular complexity index is 576. The van der Waals surface area contributed by atoms with Crippen molar-refractivity contribution >= 4 is 11.8 Å². The zero-order chi connectivity index (χ0) is 14.6. The first-order valence-electron chi connectivity index (χ1n) is 6.24. The van der Waals surface area contributed by atoms with Gasteiger partial charge in [0.2, 0.25) is 0 Å². The van der Waals surface area contributed by atoms with Crippen molar-refractivity contribution in [2.75, 3.05) is 0 Å². The Hall–Kier alpha value is -1.42. The molecule has 2 aromatic carbocycles. The lowest BCUT2D eigenvalue weighted by molar-refractivity contribution is -0.137. The summed E-state index contributed by atoms with van der Waals surface area (Å²) in [6, 6.07) is 13.7. The number of halogens is 3. The second-order valence-electron chi connectivity index (χ2n) is 4.68. The maximum absolute atomic E-state index is 12.6. The van der Waals surface area contributed by atoms with Crippen LogP contribution in [0.3, 0.4) is 0 Å². The minimum Gasteiger partial charge on any atom is -0.166 e. The number of hydrogen-bond donors (Lipinski definition) is 0.